The lowest BCUT2D eigenvalue weighted by Crippen LogP contribution is -2.21. The van der Waals surface area contributed by atoms with Gasteiger partial charge in [0.05, 0.1) is 24.8 Å². The Hall–Kier alpha value is -3.46. The average molecular weight is 428 g/mol. The summed E-state index contributed by atoms with van der Waals surface area (Å²) in [5.41, 5.74) is 1.34. The van der Waals surface area contributed by atoms with Gasteiger partial charge in [-0.1, -0.05) is 6.07 Å². The predicted molar refractivity (Wildman–Crippen MR) is 112 cm³/mol. The van der Waals surface area contributed by atoms with Crippen LogP contribution >= 0.6 is 11.3 Å². The number of rotatable bonds is 7. The molecular weight excluding hydrogens is 408 g/mol. The number of thiophene rings is 1. The van der Waals surface area contributed by atoms with Crippen molar-refractivity contribution in [3.63, 3.8) is 0 Å². The van der Waals surface area contributed by atoms with Crippen LogP contribution in [-0.4, -0.2) is 43.2 Å². The molecule has 0 atom stereocenters. The van der Waals surface area contributed by atoms with Crippen LogP contribution in [0.2, 0.25) is 0 Å². The molecule has 2 aromatic heterocycles. The Bertz CT molecular complexity index is 1110. The number of methoxy groups -OCH3 is 1. The van der Waals surface area contributed by atoms with E-state index < -0.39 is 17.8 Å². The maximum atomic E-state index is 12.4. The van der Waals surface area contributed by atoms with Crippen molar-refractivity contribution < 1.29 is 28.6 Å². The van der Waals surface area contributed by atoms with Gasteiger partial charge in [0.2, 0.25) is 0 Å². The third-order valence-corrected chi connectivity index (χ3v) is 5.38. The molecule has 9 heteroatoms. The number of carbonyl (C=O) groups is 3. The molecule has 8 nitrogen and oxygen atoms in total. The Labute approximate surface area is 176 Å². The summed E-state index contributed by atoms with van der Waals surface area (Å²) in [6.07, 6.45) is 1.70. The average Bonchev–Trinajstić information content (AvgIpc) is 3.07. The number of aromatic nitrogens is 1. The highest BCUT2D eigenvalue weighted by Gasteiger charge is 2.27. The number of esters is 2. The standard InChI is InChI=1S/C21H20N2O6S/c1-4-28-20(25)17-12(2)18(21(26)27-3)30-19(17)23-16(24)11-29-14-7-8-15-13(10-14)6-5-9-22-15/h5-10H,4,11H2,1-3H3,(H,23,24). The van der Waals surface area contributed by atoms with Gasteiger partial charge in [-0.15, -0.1) is 11.3 Å². The number of benzene rings is 1. The van der Waals surface area contributed by atoms with Crippen molar-refractivity contribution in [2.24, 2.45) is 0 Å². The summed E-state index contributed by atoms with van der Waals surface area (Å²) in [7, 11) is 1.25. The molecular formula is C21H20N2O6S. The topological polar surface area (TPSA) is 104 Å². The highest BCUT2D eigenvalue weighted by Crippen LogP contribution is 2.34. The summed E-state index contributed by atoms with van der Waals surface area (Å²) in [6.45, 7) is 3.16. The molecule has 1 N–H and O–H groups in total. The normalized spacial score (nSPS) is 10.5. The molecule has 0 saturated carbocycles. The minimum absolute atomic E-state index is 0.132. The molecule has 1 amide bonds. The van der Waals surface area contributed by atoms with Gasteiger partial charge in [0, 0.05) is 11.6 Å². The first-order valence-electron chi connectivity index (χ1n) is 9.10. The van der Waals surface area contributed by atoms with Crippen LogP contribution in [-0.2, 0) is 14.3 Å². The SMILES string of the molecule is CCOC(=O)c1c(NC(=O)COc2ccc3ncccc3c2)sc(C(=O)OC)c1C. The van der Waals surface area contributed by atoms with E-state index in [1.54, 1.807) is 38.2 Å². The monoisotopic (exact) mass is 428 g/mol. The second kappa shape index (κ2) is 9.36. The lowest BCUT2D eigenvalue weighted by atomic mass is 10.1. The molecule has 0 aliphatic heterocycles. The first kappa shape index (κ1) is 21.3. The van der Waals surface area contributed by atoms with E-state index in [0.29, 0.717) is 11.3 Å². The van der Waals surface area contributed by atoms with Gasteiger partial charge in [-0.3, -0.25) is 9.78 Å². The van der Waals surface area contributed by atoms with Crippen LogP contribution in [0.3, 0.4) is 0 Å². The van der Waals surface area contributed by atoms with Gasteiger partial charge < -0.3 is 19.5 Å². The van der Waals surface area contributed by atoms with E-state index in [1.807, 2.05) is 12.1 Å². The molecule has 0 aliphatic carbocycles. The van der Waals surface area contributed by atoms with E-state index in [0.717, 1.165) is 22.2 Å². The van der Waals surface area contributed by atoms with Gasteiger partial charge in [0.1, 0.15) is 15.6 Å². The number of anilines is 1. The molecule has 0 unspecified atom stereocenters. The van der Waals surface area contributed by atoms with Crippen molar-refractivity contribution >= 4 is 45.1 Å². The van der Waals surface area contributed by atoms with Crippen LogP contribution in [0.5, 0.6) is 5.75 Å². The van der Waals surface area contributed by atoms with Crippen molar-refractivity contribution in [2.45, 2.75) is 13.8 Å². The molecule has 0 aliphatic rings. The quantitative estimate of drug-likeness (QED) is 0.574. The van der Waals surface area contributed by atoms with Crippen LogP contribution in [0.4, 0.5) is 5.00 Å². The smallest absolute Gasteiger partial charge is 0.348 e. The number of pyridine rings is 1. The summed E-state index contributed by atoms with van der Waals surface area (Å²) in [5.74, 6) is -1.19. The van der Waals surface area contributed by atoms with E-state index in [-0.39, 0.29) is 28.7 Å². The zero-order valence-electron chi connectivity index (χ0n) is 16.7. The van der Waals surface area contributed by atoms with Gasteiger partial charge in [-0.2, -0.15) is 0 Å². The Morgan fingerprint density at radius 3 is 2.70 bits per heavy atom. The second-order valence-electron chi connectivity index (χ2n) is 6.17. The number of fused-ring (bicyclic) bond motifs is 1. The van der Waals surface area contributed by atoms with Gasteiger partial charge in [0.15, 0.2) is 6.61 Å². The maximum absolute atomic E-state index is 12.4. The summed E-state index contributed by atoms with van der Waals surface area (Å²) >= 11 is 0.954. The zero-order chi connectivity index (χ0) is 21.7. The lowest BCUT2D eigenvalue weighted by molar-refractivity contribution is -0.118. The Morgan fingerprint density at radius 2 is 1.97 bits per heavy atom. The van der Waals surface area contributed by atoms with E-state index in [2.05, 4.69) is 10.3 Å². The highest BCUT2D eigenvalue weighted by atomic mass is 32.1. The molecule has 156 valence electrons. The fraction of sp³-hybridized carbons (Fsp3) is 0.238. The van der Waals surface area contributed by atoms with Crippen LogP contribution in [0, 0.1) is 6.92 Å². The summed E-state index contributed by atoms with van der Waals surface area (Å²) in [6, 6.07) is 9.01. The number of carbonyl (C=O) groups excluding carboxylic acids is 3. The van der Waals surface area contributed by atoms with Gasteiger partial charge in [-0.25, -0.2) is 9.59 Å². The maximum Gasteiger partial charge on any atom is 0.348 e. The lowest BCUT2D eigenvalue weighted by Gasteiger charge is -2.09. The summed E-state index contributed by atoms with van der Waals surface area (Å²) in [5, 5.41) is 3.73. The third kappa shape index (κ3) is 4.57. The minimum Gasteiger partial charge on any atom is -0.484 e. The second-order valence-corrected chi connectivity index (χ2v) is 7.19. The molecule has 1 aromatic carbocycles. The summed E-state index contributed by atoms with van der Waals surface area (Å²) in [4.78, 5) is 41.2. The van der Waals surface area contributed by atoms with Crippen molar-refractivity contribution in [1.82, 2.24) is 4.98 Å². The van der Waals surface area contributed by atoms with Crippen molar-refractivity contribution in [2.75, 3.05) is 25.6 Å². The Morgan fingerprint density at radius 1 is 1.17 bits per heavy atom. The molecule has 0 bridgehead atoms. The van der Waals surface area contributed by atoms with E-state index in [1.165, 1.54) is 7.11 Å². The first-order chi connectivity index (χ1) is 14.4. The molecule has 2 heterocycles. The number of amides is 1. The summed E-state index contributed by atoms with van der Waals surface area (Å²) < 4.78 is 15.4. The molecule has 3 rings (SSSR count). The number of hydrogen-bond donors (Lipinski definition) is 1. The molecule has 0 spiro atoms. The van der Waals surface area contributed by atoms with Crippen molar-refractivity contribution in [3.8, 4) is 5.75 Å². The minimum atomic E-state index is -0.625. The Balaban J connectivity index is 1.76. The zero-order valence-corrected chi connectivity index (χ0v) is 17.5. The predicted octanol–water partition coefficient (Wildman–Crippen LogP) is 3.59. The van der Waals surface area contributed by atoms with E-state index in [4.69, 9.17) is 14.2 Å². The van der Waals surface area contributed by atoms with E-state index in [9.17, 15) is 14.4 Å². The fourth-order valence-corrected chi connectivity index (χ4v) is 3.92. The molecule has 0 saturated heterocycles. The van der Waals surface area contributed by atoms with Gasteiger partial charge >= 0.3 is 11.9 Å². The molecule has 3 aromatic rings. The van der Waals surface area contributed by atoms with Gasteiger partial charge in [-0.05, 0) is 43.7 Å². The van der Waals surface area contributed by atoms with Crippen LogP contribution in [0.15, 0.2) is 36.5 Å². The van der Waals surface area contributed by atoms with Crippen LogP contribution < -0.4 is 10.1 Å². The van der Waals surface area contributed by atoms with Gasteiger partial charge in [0.25, 0.3) is 5.91 Å². The third-order valence-electron chi connectivity index (χ3n) is 4.19. The highest BCUT2D eigenvalue weighted by molar-refractivity contribution is 7.18. The molecule has 0 fully saturated rings. The van der Waals surface area contributed by atoms with Crippen LogP contribution in [0.1, 0.15) is 32.5 Å². The first-order valence-corrected chi connectivity index (χ1v) is 9.92. The van der Waals surface area contributed by atoms with Crippen molar-refractivity contribution in [1.29, 1.82) is 0 Å². The van der Waals surface area contributed by atoms with Crippen LogP contribution in [0.25, 0.3) is 10.9 Å². The largest absolute Gasteiger partial charge is 0.484 e. The Kier molecular flexibility index (Phi) is 6.63. The number of ether oxygens (including phenoxy) is 3. The van der Waals surface area contributed by atoms with Crippen molar-refractivity contribution in [3.05, 3.63) is 52.5 Å². The number of nitrogens with one attached hydrogen (secondary N) is 1. The fourth-order valence-electron chi connectivity index (χ4n) is 2.79. The van der Waals surface area contributed by atoms with E-state index >= 15 is 0 Å². The number of hydrogen-bond acceptors (Lipinski definition) is 8. The molecule has 0 radical (unpaired) electrons. The number of nitrogens with zero attached hydrogens (tertiary/aromatic N) is 1. The molecule has 30 heavy (non-hydrogen) atoms.